The molecule has 1 heteroatoms. The number of rotatable bonds is 2. The fourth-order valence-corrected chi connectivity index (χ4v) is 1.10. The predicted molar refractivity (Wildman–Crippen MR) is 44.0 cm³/mol. The third kappa shape index (κ3) is 1.59. The number of benzene rings is 1. The maximum atomic E-state index is 13.2. The van der Waals surface area contributed by atoms with Crippen molar-refractivity contribution in [2.75, 3.05) is 0 Å². The van der Waals surface area contributed by atoms with E-state index in [1.807, 2.05) is 13.8 Å². The molecule has 0 saturated heterocycles. The summed E-state index contributed by atoms with van der Waals surface area (Å²) in [5, 5.41) is 0. The molecular formula is C10H12F. The second-order valence-electron chi connectivity index (χ2n) is 2.50. The Labute approximate surface area is 67.1 Å². The number of hydrogen-bond acceptors (Lipinski definition) is 0. The summed E-state index contributed by atoms with van der Waals surface area (Å²) in [7, 11) is 0. The highest BCUT2D eigenvalue weighted by Crippen LogP contribution is 2.12. The zero-order valence-electron chi connectivity index (χ0n) is 6.95. The summed E-state index contributed by atoms with van der Waals surface area (Å²) in [5.41, 5.74) is 1.49. The Balaban J connectivity index is 3.10. The molecule has 0 saturated carbocycles. The molecule has 0 atom stereocenters. The van der Waals surface area contributed by atoms with Crippen LogP contribution in [-0.4, -0.2) is 0 Å². The van der Waals surface area contributed by atoms with Crippen LogP contribution >= 0.6 is 0 Å². The van der Waals surface area contributed by atoms with Crippen molar-refractivity contribution in [1.82, 2.24) is 0 Å². The van der Waals surface area contributed by atoms with E-state index in [0.29, 0.717) is 5.56 Å². The lowest BCUT2D eigenvalue weighted by Crippen LogP contribution is -1.93. The molecule has 0 N–H and O–H groups in total. The Hall–Kier alpha value is -0.850. The van der Waals surface area contributed by atoms with Crippen LogP contribution < -0.4 is 0 Å². The van der Waals surface area contributed by atoms with Crippen LogP contribution in [0.4, 0.5) is 4.39 Å². The Kier molecular flexibility index (Phi) is 2.64. The summed E-state index contributed by atoms with van der Waals surface area (Å²) in [6, 6.07) is 6.46. The van der Waals surface area contributed by atoms with Crippen LogP contribution in [0.15, 0.2) is 12.1 Å². The predicted octanol–water partition coefficient (Wildman–Crippen LogP) is 2.75. The molecule has 0 heterocycles. The van der Waals surface area contributed by atoms with E-state index >= 15 is 0 Å². The van der Waals surface area contributed by atoms with E-state index in [9.17, 15) is 4.39 Å². The normalized spacial score (nSPS) is 10.1. The van der Waals surface area contributed by atoms with Gasteiger partial charge >= 0.3 is 0 Å². The molecular weight excluding hydrogens is 139 g/mol. The van der Waals surface area contributed by atoms with Crippen molar-refractivity contribution in [3.05, 3.63) is 35.1 Å². The zero-order chi connectivity index (χ0) is 8.27. The largest absolute Gasteiger partial charge is 0.206 e. The number of aryl methyl sites for hydroxylation is 2. The van der Waals surface area contributed by atoms with E-state index in [-0.39, 0.29) is 5.82 Å². The fourth-order valence-electron chi connectivity index (χ4n) is 1.10. The number of halogens is 1. The van der Waals surface area contributed by atoms with Crippen molar-refractivity contribution in [2.45, 2.75) is 26.7 Å². The van der Waals surface area contributed by atoms with Gasteiger partial charge in [0.25, 0.3) is 0 Å². The smallest absolute Gasteiger partial charge is 0.130 e. The average molecular weight is 151 g/mol. The first kappa shape index (κ1) is 8.25. The molecule has 1 radical (unpaired) electrons. The van der Waals surface area contributed by atoms with Gasteiger partial charge in [-0.15, -0.1) is 0 Å². The topological polar surface area (TPSA) is 0 Å². The van der Waals surface area contributed by atoms with E-state index in [1.54, 1.807) is 12.1 Å². The van der Waals surface area contributed by atoms with Crippen molar-refractivity contribution in [2.24, 2.45) is 0 Å². The Bertz CT molecular complexity index is 218. The van der Waals surface area contributed by atoms with Crippen LogP contribution in [0.1, 0.15) is 25.0 Å². The molecule has 59 valence electrons. The second-order valence-corrected chi connectivity index (χ2v) is 2.50. The van der Waals surface area contributed by atoms with Crippen molar-refractivity contribution in [1.29, 1.82) is 0 Å². The van der Waals surface area contributed by atoms with Crippen molar-refractivity contribution < 1.29 is 4.39 Å². The molecule has 0 aliphatic heterocycles. The molecule has 1 aromatic rings. The Morgan fingerprint density at radius 2 is 2.09 bits per heavy atom. The Morgan fingerprint density at radius 3 is 2.64 bits per heavy atom. The highest BCUT2D eigenvalue weighted by Gasteiger charge is 2.03. The quantitative estimate of drug-likeness (QED) is 0.609. The van der Waals surface area contributed by atoms with Crippen LogP contribution in [0.2, 0.25) is 0 Å². The maximum Gasteiger partial charge on any atom is 0.130 e. The van der Waals surface area contributed by atoms with Gasteiger partial charge in [0.15, 0.2) is 0 Å². The number of hydrogen-bond donors (Lipinski definition) is 0. The van der Waals surface area contributed by atoms with Gasteiger partial charge in [0.05, 0.1) is 0 Å². The molecule has 0 aliphatic rings. The monoisotopic (exact) mass is 151 g/mol. The molecule has 0 unspecified atom stereocenters. The molecule has 1 aromatic carbocycles. The second kappa shape index (κ2) is 3.51. The van der Waals surface area contributed by atoms with Crippen molar-refractivity contribution >= 4 is 0 Å². The van der Waals surface area contributed by atoms with E-state index in [2.05, 4.69) is 6.07 Å². The lowest BCUT2D eigenvalue weighted by molar-refractivity contribution is 0.596. The van der Waals surface area contributed by atoms with Crippen LogP contribution in [0.3, 0.4) is 0 Å². The summed E-state index contributed by atoms with van der Waals surface area (Å²) in [5.74, 6) is -0.0718. The summed E-state index contributed by atoms with van der Waals surface area (Å²) >= 11 is 0. The summed E-state index contributed by atoms with van der Waals surface area (Å²) < 4.78 is 13.2. The van der Waals surface area contributed by atoms with E-state index < -0.39 is 0 Å². The third-order valence-electron chi connectivity index (χ3n) is 1.82. The van der Waals surface area contributed by atoms with E-state index in [4.69, 9.17) is 0 Å². The molecule has 0 nitrogen and oxygen atoms in total. The molecule has 0 aliphatic carbocycles. The van der Waals surface area contributed by atoms with Gasteiger partial charge in [0.1, 0.15) is 5.82 Å². The van der Waals surface area contributed by atoms with Gasteiger partial charge in [-0.1, -0.05) is 26.0 Å². The van der Waals surface area contributed by atoms with Gasteiger partial charge in [0.2, 0.25) is 0 Å². The molecule has 0 fully saturated rings. The van der Waals surface area contributed by atoms with Gasteiger partial charge in [-0.25, -0.2) is 4.39 Å². The van der Waals surface area contributed by atoms with Gasteiger partial charge in [-0.05, 0) is 30.0 Å². The van der Waals surface area contributed by atoms with Gasteiger partial charge in [-0.3, -0.25) is 0 Å². The van der Waals surface area contributed by atoms with Gasteiger partial charge in [0, 0.05) is 0 Å². The van der Waals surface area contributed by atoms with Gasteiger partial charge < -0.3 is 0 Å². The van der Waals surface area contributed by atoms with E-state index in [1.165, 1.54) is 0 Å². The Morgan fingerprint density at radius 1 is 1.36 bits per heavy atom. The minimum atomic E-state index is -0.0718. The minimum absolute atomic E-state index is 0.0718. The molecule has 0 spiro atoms. The lowest BCUT2D eigenvalue weighted by Gasteiger charge is -2.02. The standard InChI is InChI=1S/C10H12F/c1-3-8-6-5-7-9(4-2)10(8)11/h5-6H,3-4H2,1-2H3. The molecule has 1 rings (SSSR count). The van der Waals surface area contributed by atoms with Gasteiger partial charge in [-0.2, -0.15) is 0 Å². The highest BCUT2D eigenvalue weighted by molar-refractivity contribution is 5.24. The maximum absolute atomic E-state index is 13.2. The molecule has 0 aromatic heterocycles. The van der Waals surface area contributed by atoms with Crippen LogP contribution in [-0.2, 0) is 12.8 Å². The first-order valence-electron chi connectivity index (χ1n) is 3.97. The molecule has 0 amide bonds. The van der Waals surface area contributed by atoms with E-state index in [0.717, 1.165) is 18.4 Å². The molecule has 0 bridgehead atoms. The first-order valence-corrected chi connectivity index (χ1v) is 3.97. The van der Waals surface area contributed by atoms with Crippen molar-refractivity contribution in [3.63, 3.8) is 0 Å². The van der Waals surface area contributed by atoms with Crippen LogP contribution in [0.25, 0.3) is 0 Å². The minimum Gasteiger partial charge on any atom is -0.206 e. The zero-order valence-corrected chi connectivity index (χ0v) is 6.95. The average Bonchev–Trinajstić information content (AvgIpc) is 2.05. The SMILES string of the molecule is CCc1[c]ccc(CC)c1F. The third-order valence-corrected chi connectivity index (χ3v) is 1.82. The lowest BCUT2D eigenvalue weighted by atomic mass is 10.1. The highest BCUT2D eigenvalue weighted by atomic mass is 19.1. The van der Waals surface area contributed by atoms with Crippen LogP contribution in [0.5, 0.6) is 0 Å². The summed E-state index contributed by atoms with van der Waals surface area (Å²) in [6.45, 7) is 3.90. The summed E-state index contributed by atoms with van der Waals surface area (Å²) in [6.07, 6.45) is 1.48. The van der Waals surface area contributed by atoms with Crippen LogP contribution in [0, 0.1) is 11.9 Å². The molecule has 11 heavy (non-hydrogen) atoms. The van der Waals surface area contributed by atoms with Crippen molar-refractivity contribution in [3.8, 4) is 0 Å². The first-order chi connectivity index (χ1) is 5.29. The fraction of sp³-hybridized carbons (Fsp3) is 0.400. The summed E-state index contributed by atoms with van der Waals surface area (Å²) in [4.78, 5) is 0.